The summed E-state index contributed by atoms with van der Waals surface area (Å²) in [5, 5.41) is 9.23. The minimum absolute atomic E-state index is 0.0932. The van der Waals surface area contributed by atoms with E-state index in [1.807, 2.05) is 0 Å². The highest BCUT2D eigenvalue weighted by molar-refractivity contribution is 5.94. The van der Waals surface area contributed by atoms with E-state index in [-0.39, 0.29) is 11.4 Å². The zero-order valence-corrected chi connectivity index (χ0v) is 9.93. The summed E-state index contributed by atoms with van der Waals surface area (Å²) < 4.78 is 5.94. The van der Waals surface area contributed by atoms with Crippen LogP contribution in [0.25, 0.3) is 11.3 Å². The van der Waals surface area contributed by atoms with E-state index in [1.54, 1.807) is 19.2 Å². The number of esters is 1. The number of nitrogens with zero attached hydrogens (tertiary/aromatic N) is 1. The fourth-order valence-electron chi connectivity index (χ4n) is 1.73. The second-order valence-electron chi connectivity index (χ2n) is 3.75. The van der Waals surface area contributed by atoms with Crippen molar-refractivity contribution in [2.45, 2.75) is 0 Å². The first-order valence-electron chi connectivity index (χ1n) is 5.21. The standard InChI is InChI=1S/C12H12N2O4/c1-14-10(7-3-5-8(15)6-4-7)9(11(16)18-2)13-12(14)17/h3-6,15H,1-2H3,(H,13,17). The van der Waals surface area contributed by atoms with E-state index < -0.39 is 11.7 Å². The van der Waals surface area contributed by atoms with Crippen molar-refractivity contribution in [3.63, 3.8) is 0 Å². The third kappa shape index (κ3) is 1.88. The SMILES string of the molecule is COC(=O)c1[nH]c(=O)n(C)c1-c1ccc(O)cc1. The Morgan fingerprint density at radius 1 is 1.33 bits per heavy atom. The number of methoxy groups -OCH3 is 1. The molecule has 0 fully saturated rings. The fraction of sp³-hybridized carbons (Fsp3) is 0.167. The maximum atomic E-state index is 11.6. The molecule has 0 aliphatic rings. The van der Waals surface area contributed by atoms with Crippen LogP contribution in [0.2, 0.25) is 0 Å². The molecule has 1 heterocycles. The van der Waals surface area contributed by atoms with Crippen LogP contribution in [0, 0.1) is 0 Å². The van der Waals surface area contributed by atoms with Gasteiger partial charge < -0.3 is 9.84 Å². The predicted octanol–water partition coefficient (Wildman–Crippen LogP) is 0.873. The molecule has 0 spiro atoms. The summed E-state index contributed by atoms with van der Waals surface area (Å²) in [5.74, 6) is -0.505. The van der Waals surface area contributed by atoms with E-state index in [0.29, 0.717) is 11.3 Å². The molecule has 0 radical (unpaired) electrons. The topological polar surface area (TPSA) is 84.3 Å². The molecule has 0 amide bonds. The van der Waals surface area contributed by atoms with E-state index in [0.717, 1.165) is 0 Å². The first-order valence-corrected chi connectivity index (χ1v) is 5.21. The van der Waals surface area contributed by atoms with E-state index in [9.17, 15) is 14.7 Å². The van der Waals surface area contributed by atoms with Gasteiger partial charge in [-0.05, 0) is 24.3 Å². The van der Waals surface area contributed by atoms with Crippen LogP contribution in [-0.2, 0) is 11.8 Å². The van der Waals surface area contributed by atoms with Crippen molar-refractivity contribution >= 4 is 5.97 Å². The predicted molar refractivity (Wildman–Crippen MR) is 64.5 cm³/mol. The number of rotatable bonds is 2. The summed E-state index contributed by atoms with van der Waals surface area (Å²) in [6.45, 7) is 0. The Labute approximate surface area is 102 Å². The largest absolute Gasteiger partial charge is 0.508 e. The highest BCUT2D eigenvalue weighted by Crippen LogP contribution is 2.23. The third-order valence-electron chi connectivity index (χ3n) is 2.64. The molecule has 0 atom stereocenters. The van der Waals surface area contributed by atoms with Crippen LogP contribution < -0.4 is 5.69 Å². The minimum Gasteiger partial charge on any atom is -0.508 e. The van der Waals surface area contributed by atoms with Crippen molar-refractivity contribution in [2.24, 2.45) is 7.05 Å². The molecule has 2 aromatic rings. The second kappa shape index (κ2) is 4.40. The molecule has 1 aromatic heterocycles. The van der Waals surface area contributed by atoms with Crippen molar-refractivity contribution < 1.29 is 14.6 Å². The monoisotopic (exact) mass is 248 g/mol. The number of H-pyrrole nitrogens is 1. The first-order chi connectivity index (χ1) is 8.54. The second-order valence-corrected chi connectivity index (χ2v) is 3.75. The third-order valence-corrected chi connectivity index (χ3v) is 2.64. The number of nitrogens with one attached hydrogen (secondary N) is 1. The maximum Gasteiger partial charge on any atom is 0.356 e. The Balaban J connectivity index is 2.66. The molecule has 2 rings (SSSR count). The fourth-order valence-corrected chi connectivity index (χ4v) is 1.73. The summed E-state index contributed by atoms with van der Waals surface area (Å²) in [7, 11) is 2.79. The summed E-state index contributed by atoms with van der Waals surface area (Å²) in [6.07, 6.45) is 0. The van der Waals surface area contributed by atoms with Gasteiger partial charge in [0.25, 0.3) is 0 Å². The van der Waals surface area contributed by atoms with Crippen molar-refractivity contribution in [1.29, 1.82) is 0 Å². The number of hydrogen-bond donors (Lipinski definition) is 2. The van der Waals surface area contributed by atoms with Gasteiger partial charge in [0, 0.05) is 12.6 Å². The van der Waals surface area contributed by atoms with E-state index in [2.05, 4.69) is 9.72 Å². The number of carbonyl (C=O) groups excluding carboxylic acids is 1. The average molecular weight is 248 g/mol. The van der Waals surface area contributed by atoms with Gasteiger partial charge in [-0.15, -0.1) is 0 Å². The zero-order valence-electron chi connectivity index (χ0n) is 9.93. The van der Waals surface area contributed by atoms with Gasteiger partial charge in [-0.25, -0.2) is 9.59 Å². The van der Waals surface area contributed by atoms with E-state index in [4.69, 9.17) is 0 Å². The average Bonchev–Trinajstić information content (AvgIpc) is 2.66. The number of aromatic hydroxyl groups is 1. The molecular formula is C12H12N2O4. The van der Waals surface area contributed by atoms with Crippen LogP contribution in [0.4, 0.5) is 0 Å². The molecule has 0 bridgehead atoms. The summed E-state index contributed by atoms with van der Waals surface area (Å²) in [5.41, 5.74) is 0.745. The summed E-state index contributed by atoms with van der Waals surface area (Å²) in [6, 6.07) is 6.19. The zero-order chi connectivity index (χ0) is 13.3. The van der Waals surface area contributed by atoms with Gasteiger partial charge in [-0.1, -0.05) is 0 Å². The normalized spacial score (nSPS) is 10.3. The van der Waals surface area contributed by atoms with Gasteiger partial charge in [0.1, 0.15) is 5.75 Å². The van der Waals surface area contributed by atoms with Crippen molar-refractivity contribution in [1.82, 2.24) is 9.55 Å². The van der Waals surface area contributed by atoms with Gasteiger partial charge in [-0.3, -0.25) is 9.55 Å². The molecular weight excluding hydrogens is 236 g/mol. The lowest BCUT2D eigenvalue weighted by Crippen LogP contribution is -2.13. The molecule has 6 nitrogen and oxygen atoms in total. The Bertz CT molecular complexity index is 637. The van der Waals surface area contributed by atoms with E-state index in [1.165, 1.54) is 23.8 Å². The quantitative estimate of drug-likeness (QED) is 0.772. The van der Waals surface area contributed by atoms with Gasteiger partial charge in [0.05, 0.1) is 12.8 Å². The highest BCUT2D eigenvalue weighted by atomic mass is 16.5. The number of phenolic OH excluding ortho intramolecular Hbond substituents is 1. The van der Waals surface area contributed by atoms with Crippen molar-refractivity contribution in [3.8, 4) is 17.0 Å². The minimum atomic E-state index is -0.615. The molecule has 0 aliphatic heterocycles. The Morgan fingerprint density at radius 3 is 2.50 bits per heavy atom. The number of aromatic amines is 1. The van der Waals surface area contributed by atoms with Gasteiger partial charge in [0.15, 0.2) is 5.69 Å². The number of aromatic nitrogens is 2. The molecule has 18 heavy (non-hydrogen) atoms. The smallest absolute Gasteiger partial charge is 0.356 e. The summed E-state index contributed by atoms with van der Waals surface area (Å²) in [4.78, 5) is 25.6. The first kappa shape index (κ1) is 12.0. The number of carbonyl (C=O) groups is 1. The Kier molecular flexibility index (Phi) is 2.93. The number of benzene rings is 1. The number of phenols is 1. The number of hydrogen-bond acceptors (Lipinski definition) is 4. The van der Waals surface area contributed by atoms with Crippen LogP contribution in [0.3, 0.4) is 0 Å². The highest BCUT2D eigenvalue weighted by Gasteiger charge is 2.19. The molecule has 0 unspecified atom stereocenters. The molecule has 6 heteroatoms. The lowest BCUT2D eigenvalue weighted by Gasteiger charge is -2.05. The molecule has 1 aromatic carbocycles. The maximum absolute atomic E-state index is 11.6. The van der Waals surface area contributed by atoms with Crippen molar-refractivity contribution in [3.05, 3.63) is 40.4 Å². The van der Waals surface area contributed by atoms with Crippen LogP contribution in [0.15, 0.2) is 29.1 Å². The van der Waals surface area contributed by atoms with Gasteiger partial charge in [0.2, 0.25) is 0 Å². The molecule has 2 N–H and O–H groups in total. The van der Waals surface area contributed by atoms with Crippen LogP contribution in [0.5, 0.6) is 5.75 Å². The van der Waals surface area contributed by atoms with Crippen LogP contribution >= 0.6 is 0 Å². The number of ether oxygens (including phenoxy) is 1. The van der Waals surface area contributed by atoms with Gasteiger partial charge in [-0.2, -0.15) is 0 Å². The Hall–Kier alpha value is -2.50. The van der Waals surface area contributed by atoms with Crippen LogP contribution in [0.1, 0.15) is 10.5 Å². The summed E-state index contributed by atoms with van der Waals surface area (Å²) >= 11 is 0. The van der Waals surface area contributed by atoms with Crippen molar-refractivity contribution in [2.75, 3.05) is 7.11 Å². The van der Waals surface area contributed by atoms with Crippen LogP contribution in [-0.4, -0.2) is 27.7 Å². The molecule has 94 valence electrons. The lowest BCUT2D eigenvalue weighted by molar-refractivity contribution is 0.0595. The number of imidazole rings is 1. The van der Waals surface area contributed by atoms with E-state index >= 15 is 0 Å². The lowest BCUT2D eigenvalue weighted by atomic mass is 10.1. The van der Waals surface area contributed by atoms with Gasteiger partial charge >= 0.3 is 11.7 Å². The molecule has 0 aliphatic carbocycles. The molecule has 0 saturated carbocycles. The Morgan fingerprint density at radius 2 is 1.94 bits per heavy atom. The molecule has 0 saturated heterocycles.